The van der Waals surface area contributed by atoms with Gasteiger partial charge in [-0.1, -0.05) is 37.2 Å². The molecule has 0 N–H and O–H groups in total. The molecule has 1 aromatic carbocycles. The van der Waals surface area contributed by atoms with Crippen LogP contribution in [0, 0.1) is 13.8 Å². The Bertz CT molecular complexity index is 860. The summed E-state index contributed by atoms with van der Waals surface area (Å²) in [4.78, 5) is 16.9. The number of fused-ring (bicyclic) bond motifs is 3. The fraction of sp³-hybridized carbons (Fsp3) is 0.412. The molecule has 0 aliphatic heterocycles. The highest BCUT2D eigenvalue weighted by molar-refractivity contribution is 7.23. The van der Waals surface area contributed by atoms with Gasteiger partial charge in [0.2, 0.25) is 0 Å². The highest BCUT2D eigenvalue weighted by Gasteiger charge is 2.13. The van der Waals surface area contributed by atoms with Crippen LogP contribution in [0.2, 0.25) is 0 Å². The van der Waals surface area contributed by atoms with Crippen LogP contribution in [0.25, 0.3) is 15.2 Å². The smallest absolute Gasteiger partial charge is 0.274 e. The monoisotopic (exact) mass is 300 g/mol. The van der Waals surface area contributed by atoms with Gasteiger partial charge in [-0.3, -0.25) is 9.20 Å². The minimum atomic E-state index is -0.123. The van der Waals surface area contributed by atoms with Crippen LogP contribution in [0.3, 0.4) is 0 Å². The molecule has 2 aromatic heterocycles. The number of benzene rings is 1. The Morgan fingerprint density at radius 3 is 2.81 bits per heavy atom. The lowest BCUT2D eigenvalue weighted by Crippen LogP contribution is -2.11. The van der Waals surface area contributed by atoms with Gasteiger partial charge in [-0.05, 0) is 43.9 Å². The Kier molecular flexibility index (Phi) is 3.81. The summed E-state index contributed by atoms with van der Waals surface area (Å²) in [6.45, 7) is 6.48. The van der Waals surface area contributed by atoms with Crippen LogP contribution in [-0.2, 0) is 6.42 Å². The maximum Gasteiger partial charge on any atom is 0.274 e. The number of aromatic nitrogens is 2. The summed E-state index contributed by atoms with van der Waals surface area (Å²) in [5.41, 5.74) is 4.75. The van der Waals surface area contributed by atoms with Crippen LogP contribution in [0.5, 0.6) is 0 Å². The Hall–Kier alpha value is -1.68. The number of thiazole rings is 1. The lowest BCUT2D eigenvalue weighted by atomic mass is 10.1. The van der Waals surface area contributed by atoms with Crippen molar-refractivity contribution in [2.24, 2.45) is 0 Å². The molecule has 3 aromatic rings. The van der Waals surface area contributed by atoms with E-state index in [1.807, 2.05) is 0 Å². The Balaban J connectivity index is 2.30. The molecule has 0 radical (unpaired) electrons. The molecule has 0 fully saturated rings. The first kappa shape index (κ1) is 14.3. The van der Waals surface area contributed by atoms with E-state index in [0.29, 0.717) is 0 Å². The van der Waals surface area contributed by atoms with Crippen molar-refractivity contribution in [3.8, 4) is 0 Å². The molecule has 3 rings (SSSR count). The van der Waals surface area contributed by atoms with E-state index in [9.17, 15) is 4.79 Å². The van der Waals surface area contributed by atoms with Gasteiger partial charge in [-0.15, -0.1) is 0 Å². The van der Waals surface area contributed by atoms with Gasteiger partial charge in [-0.2, -0.15) is 4.98 Å². The summed E-state index contributed by atoms with van der Waals surface area (Å²) in [7, 11) is 0. The molecule has 3 nitrogen and oxygen atoms in total. The zero-order valence-corrected chi connectivity index (χ0v) is 13.6. The fourth-order valence-electron chi connectivity index (χ4n) is 2.79. The van der Waals surface area contributed by atoms with E-state index in [-0.39, 0.29) is 5.56 Å². The minimum Gasteiger partial charge on any atom is -0.288 e. The van der Waals surface area contributed by atoms with Gasteiger partial charge in [0.1, 0.15) is 0 Å². The Morgan fingerprint density at radius 2 is 2.05 bits per heavy atom. The topological polar surface area (TPSA) is 34.4 Å². The van der Waals surface area contributed by atoms with Crippen molar-refractivity contribution in [3.63, 3.8) is 0 Å². The van der Waals surface area contributed by atoms with E-state index >= 15 is 0 Å². The minimum absolute atomic E-state index is 0.123. The summed E-state index contributed by atoms with van der Waals surface area (Å²) in [6, 6.07) is 5.98. The lowest BCUT2D eigenvalue weighted by Gasteiger charge is -2.08. The third-order valence-corrected chi connectivity index (χ3v) is 5.11. The number of hydrogen-bond donors (Lipinski definition) is 0. The standard InChI is InChI=1S/C17H20N2OS/c1-4-5-6-7-13-10-15(20)18-17-19(13)16-12(3)11(2)8-9-14(16)21-17/h8-10H,4-7H2,1-3H3. The van der Waals surface area contributed by atoms with E-state index < -0.39 is 0 Å². The quantitative estimate of drug-likeness (QED) is 0.675. The number of unbranched alkanes of at least 4 members (excludes halogenated alkanes) is 2. The largest absolute Gasteiger partial charge is 0.288 e. The van der Waals surface area contributed by atoms with Crippen LogP contribution in [0.4, 0.5) is 0 Å². The predicted octanol–water partition coefficient (Wildman–Crippen LogP) is 4.26. The second-order valence-electron chi connectivity index (χ2n) is 5.62. The molecule has 110 valence electrons. The molecular formula is C17H20N2OS. The Labute approximate surface area is 128 Å². The number of rotatable bonds is 4. The molecule has 4 heteroatoms. The van der Waals surface area contributed by atoms with Crippen LogP contribution >= 0.6 is 11.3 Å². The molecule has 21 heavy (non-hydrogen) atoms. The van der Waals surface area contributed by atoms with Crippen molar-refractivity contribution in [3.05, 3.63) is 45.4 Å². The third-order valence-electron chi connectivity index (χ3n) is 4.10. The molecule has 0 spiro atoms. The fourth-order valence-corrected chi connectivity index (χ4v) is 3.90. The molecule has 0 atom stereocenters. The van der Waals surface area contributed by atoms with Crippen LogP contribution in [0.15, 0.2) is 23.0 Å². The van der Waals surface area contributed by atoms with Crippen molar-refractivity contribution >= 4 is 26.5 Å². The molecule has 0 bridgehead atoms. The average molecular weight is 300 g/mol. The van der Waals surface area contributed by atoms with Crippen molar-refractivity contribution in [2.75, 3.05) is 0 Å². The number of aryl methyl sites for hydroxylation is 3. The maximum absolute atomic E-state index is 11.8. The third kappa shape index (κ3) is 2.48. The van der Waals surface area contributed by atoms with Gasteiger partial charge in [0.15, 0.2) is 4.96 Å². The maximum atomic E-state index is 11.8. The first-order valence-electron chi connectivity index (χ1n) is 7.53. The summed E-state index contributed by atoms with van der Waals surface area (Å²) >= 11 is 1.60. The van der Waals surface area contributed by atoms with Gasteiger partial charge < -0.3 is 0 Å². The van der Waals surface area contributed by atoms with Crippen molar-refractivity contribution in [1.82, 2.24) is 9.38 Å². The van der Waals surface area contributed by atoms with E-state index in [0.717, 1.165) is 23.5 Å². The van der Waals surface area contributed by atoms with Crippen molar-refractivity contribution < 1.29 is 0 Å². The second-order valence-corrected chi connectivity index (χ2v) is 6.63. The number of nitrogens with zero attached hydrogens (tertiary/aromatic N) is 2. The van der Waals surface area contributed by atoms with Crippen LogP contribution in [0.1, 0.15) is 43.0 Å². The molecule has 0 amide bonds. The molecule has 2 heterocycles. The van der Waals surface area contributed by atoms with Gasteiger partial charge in [0.05, 0.1) is 10.2 Å². The highest BCUT2D eigenvalue weighted by atomic mass is 32.1. The van der Waals surface area contributed by atoms with E-state index in [1.54, 1.807) is 17.4 Å². The van der Waals surface area contributed by atoms with E-state index in [1.165, 1.54) is 34.2 Å². The molecule has 0 aliphatic rings. The summed E-state index contributed by atoms with van der Waals surface area (Å²) in [5.74, 6) is 0. The van der Waals surface area contributed by atoms with Gasteiger partial charge in [0.25, 0.3) is 5.56 Å². The van der Waals surface area contributed by atoms with Crippen LogP contribution in [-0.4, -0.2) is 9.38 Å². The second kappa shape index (κ2) is 5.60. The normalized spacial score (nSPS) is 11.6. The van der Waals surface area contributed by atoms with Crippen LogP contribution < -0.4 is 5.56 Å². The summed E-state index contributed by atoms with van der Waals surface area (Å²) in [6.07, 6.45) is 4.43. The first-order chi connectivity index (χ1) is 10.1. The molecule has 0 unspecified atom stereocenters. The zero-order valence-electron chi connectivity index (χ0n) is 12.8. The summed E-state index contributed by atoms with van der Waals surface area (Å²) < 4.78 is 3.40. The van der Waals surface area contributed by atoms with Crippen molar-refractivity contribution in [2.45, 2.75) is 46.5 Å². The zero-order chi connectivity index (χ0) is 15.0. The molecule has 0 saturated carbocycles. The summed E-state index contributed by atoms with van der Waals surface area (Å²) in [5, 5.41) is 0. The molecule has 0 aliphatic carbocycles. The SMILES string of the molecule is CCCCCc1cc(=O)nc2sc3ccc(C)c(C)c3n12. The first-order valence-corrected chi connectivity index (χ1v) is 8.35. The lowest BCUT2D eigenvalue weighted by molar-refractivity contribution is 0.702. The predicted molar refractivity (Wildman–Crippen MR) is 89.5 cm³/mol. The van der Waals surface area contributed by atoms with Crippen molar-refractivity contribution in [1.29, 1.82) is 0 Å². The van der Waals surface area contributed by atoms with Gasteiger partial charge in [-0.25, -0.2) is 0 Å². The average Bonchev–Trinajstić information content (AvgIpc) is 2.82. The Morgan fingerprint density at radius 1 is 1.24 bits per heavy atom. The highest BCUT2D eigenvalue weighted by Crippen LogP contribution is 2.30. The van der Waals surface area contributed by atoms with Gasteiger partial charge in [0, 0.05) is 11.8 Å². The molecular weight excluding hydrogens is 280 g/mol. The van der Waals surface area contributed by atoms with E-state index in [2.05, 4.69) is 42.3 Å². The van der Waals surface area contributed by atoms with Gasteiger partial charge >= 0.3 is 0 Å². The number of hydrogen-bond acceptors (Lipinski definition) is 3. The molecule has 0 saturated heterocycles. The van der Waals surface area contributed by atoms with E-state index in [4.69, 9.17) is 0 Å².